The highest BCUT2D eigenvalue weighted by Gasteiger charge is 2.37. The number of anilines is 1. The third-order valence-electron chi connectivity index (χ3n) is 5.60. The number of para-hydroxylation sites is 1. The highest BCUT2D eigenvalue weighted by molar-refractivity contribution is 6.39. The molecule has 0 aliphatic carbocycles. The molecule has 1 aromatic heterocycles. The van der Waals surface area contributed by atoms with Crippen LogP contribution in [0.25, 0.3) is 17.0 Å². The molecule has 0 spiro atoms. The number of hydrogen-bond donors (Lipinski definition) is 1. The van der Waals surface area contributed by atoms with Crippen LogP contribution in [0.5, 0.6) is 0 Å². The van der Waals surface area contributed by atoms with Gasteiger partial charge in [0.05, 0.1) is 5.69 Å². The van der Waals surface area contributed by atoms with Crippen LogP contribution in [-0.4, -0.2) is 22.4 Å². The molecule has 34 heavy (non-hydrogen) atoms. The molecule has 1 fully saturated rings. The number of carbonyl (C=O) groups excluding carboxylic acids is 3. The number of hydrogen-bond acceptors (Lipinski definition) is 3. The molecule has 6 nitrogen and oxygen atoms in total. The second-order valence-corrected chi connectivity index (χ2v) is 8.60. The minimum Gasteiger partial charge on any atom is -0.342 e. The maximum Gasteiger partial charge on any atom is 0.335 e. The molecule has 1 N–H and O–H groups in total. The van der Waals surface area contributed by atoms with Gasteiger partial charge < -0.3 is 4.57 Å². The van der Waals surface area contributed by atoms with Crippen LogP contribution in [0.3, 0.4) is 0 Å². The van der Waals surface area contributed by atoms with Gasteiger partial charge in [-0.15, -0.1) is 0 Å². The van der Waals surface area contributed by atoms with Gasteiger partial charge in [0.25, 0.3) is 11.8 Å². The third-order valence-corrected chi connectivity index (χ3v) is 6.22. The minimum atomic E-state index is -0.810. The Bertz CT molecular complexity index is 1490. The van der Waals surface area contributed by atoms with Crippen molar-refractivity contribution in [3.8, 4) is 0 Å². The van der Waals surface area contributed by atoms with Crippen LogP contribution in [0, 0.1) is 0 Å². The predicted octanol–water partition coefficient (Wildman–Crippen LogP) is 5.66. The lowest BCUT2D eigenvalue weighted by Crippen LogP contribution is -2.54. The SMILES string of the molecule is O=C1NC(=O)N(c2ccc(Cl)cc2)C(=O)/C1=C/c1cn(Cc2ccccc2Cl)c2ccccc12. The Morgan fingerprint density at radius 2 is 1.56 bits per heavy atom. The standard InChI is InChI=1S/C26H17Cl2N3O3/c27-18-9-11-19(12-10-18)31-25(33)21(24(32)29-26(31)34)13-17-15-30(23-8-4-2-6-20(17)23)14-16-5-1-3-7-22(16)28/h1-13,15H,14H2,(H,29,32,34)/b21-13+. The van der Waals surface area contributed by atoms with E-state index in [2.05, 4.69) is 5.32 Å². The minimum absolute atomic E-state index is 0.143. The van der Waals surface area contributed by atoms with E-state index in [-0.39, 0.29) is 5.57 Å². The summed E-state index contributed by atoms with van der Waals surface area (Å²) >= 11 is 12.3. The van der Waals surface area contributed by atoms with Gasteiger partial charge in [0.15, 0.2) is 0 Å². The number of urea groups is 1. The molecule has 5 rings (SSSR count). The average molecular weight is 490 g/mol. The summed E-state index contributed by atoms with van der Waals surface area (Å²) < 4.78 is 2.01. The van der Waals surface area contributed by atoms with Crippen molar-refractivity contribution < 1.29 is 14.4 Å². The summed E-state index contributed by atoms with van der Waals surface area (Å²) in [7, 11) is 0. The van der Waals surface area contributed by atoms with Crippen LogP contribution in [-0.2, 0) is 16.1 Å². The summed E-state index contributed by atoms with van der Waals surface area (Å²) in [5, 5.41) is 4.22. The normalized spacial score (nSPS) is 15.3. The van der Waals surface area contributed by atoms with Gasteiger partial charge in [-0.3, -0.25) is 14.9 Å². The number of halogens is 2. The summed E-state index contributed by atoms with van der Waals surface area (Å²) in [4.78, 5) is 39.2. The second kappa shape index (κ2) is 8.82. The van der Waals surface area contributed by atoms with Crippen molar-refractivity contribution in [3.63, 3.8) is 0 Å². The number of rotatable bonds is 4. The van der Waals surface area contributed by atoms with Gasteiger partial charge in [0.2, 0.25) is 0 Å². The monoisotopic (exact) mass is 489 g/mol. The van der Waals surface area contributed by atoms with Crippen LogP contribution in [0.15, 0.2) is 84.6 Å². The van der Waals surface area contributed by atoms with Gasteiger partial charge >= 0.3 is 6.03 Å². The first kappa shape index (κ1) is 21.9. The van der Waals surface area contributed by atoms with Crippen LogP contribution in [0.1, 0.15) is 11.1 Å². The lowest BCUT2D eigenvalue weighted by atomic mass is 10.1. The van der Waals surface area contributed by atoms with Crippen molar-refractivity contribution in [1.29, 1.82) is 0 Å². The molecule has 0 radical (unpaired) electrons. The largest absolute Gasteiger partial charge is 0.342 e. The van der Waals surface area contributed by atoms with Crippen LogP contribution >= 0.6 is 23.2 Å². The Morgan fingerprint density at radius 3 is 2.32 bits per heavy atom. The molecule has 2 heterocycles. The fraction of sp³-hybridized carbons (Fsp3) is 0.0385. The third kappa shape index (κ3) is 3.98. The van der Waals surface area contributed by atoms with Gasteiger partial charge in [0, 0.05) is 39.3 Å². The molecular weight excluding hydrogens is 473 g/mol. The first-order valence-corrected chi connectivity index (χ1v) is 11.2. The van der Waals surface area contributed by atoms with E-state index in [4.69, 9.17) is 23.2 Å². The molecule has 0 unspecified atom stereocenters. The number of fused-ring (bicyclic) bond motifs is 1. The zero-order chi connectivity index (χ0) is 23.8. The maximum absolute atomic E-state index is 13.2. The van der Waals surface area contributed by atoms with Gasteiger partial charge in [-0.05, 0) is 48.0 Å². The molecule has 4 amide bonds. The van der Waals surface area contributed by atoms with Gasteiger partial charge in [-0.2, -0.15) is 0 Å². The van der Waals surface area contributed by atoms with Crippen molar-refractivity contribution in [3.05, 3.63) is 106 Å². The zero-order valence-corrected chi connectivity index (χ0v) is 19.2. The quantitative estimate of drug-likeness (QED) is 0.296. The number of aromatic nitrogens is 1. The van der Waals surface area contributed by atoms with Crippen molar-refractivity contribution in [2.75, 3.05) is 4.90 Å². The van der Waals surface area contributed by atoms with Gasteiger partial charge in [0.1, 0.15) is 5.57 Å². The molecule has 3 aromatic carbocycles. The van der Waals surface area contributed by atoms with Crippen molar-refractivity contribution >= 4 is 63.7 Å². The lowest BCUT2D eigenvalue weighted by molar-refractivity contribution is -0.122. The summed E-state index contributed by atoms with van der Waals surface area (Å²) in [5.41, 5.74) is 2.70. The number of amides is 4. The number of barbiturate groups is 1. The topological polar surface area (TPSA) is 71.4 Å². The van der Waals surface area contributed by atoms with E-state index in [0.717, 1.165) is 21.4 Å². The van der Waals surface area contributed by atoms with E-state index >= 15 is 0 Å². The van der Waals surface area contributed by atoms with Gasteiger partial charge in [-0.25, -0.2) is 9.69 Å². The van der Waals surface area contributed by atoms with Crippen LogP contribution in [0.4, 0.5) is 10.5 Å². The second-order valence-electron chi connectivity index (χ2n) is 7.76. The fourth-order valence-electron chi connectivity index (χ4n) is 3.97. The Hall–Kier alpha value is -3.87. The molecule has 0 atom stereocenters. The van der Waals surface area contributed by atoms with E-state index in [0.29, 0.717) is 27.8 Å². The summed E-state index contributed by atoms with van der Waals surface area (Å²) in [6.07, 6.45) is 3.38. The fourth-order valence-corrected chi connectivity index (χ4v) is 4.29. The molecule has 4 aromatic rings. The van der Waals surface area contributed by atoms with E-state index < -0.39 is 17.8 Å². The smallest absolute Gasteiger partial charge is 0.335 e. The molecule has 168 valence electrons. The summed E-state index contributed by atoms with van der Waals surface area (Å²) in [5.74, 6) is -1.46. The molecule has 0 bridgehead atoms. The van der Waals surface area contributed by atoms with Crippen LogP contribution < -0.4 is 10.2 Å². The molecular formula is C26H17Cl2N3O3. The summed E-state index contributed by atoms with van der Waals surface area (Å²) in [6.45, 7) is 0.513. The zero-order valence-electron chi connectivity index (χ0n) is 17.7. The highest BCUT2D eigenvalue weighted by atomic mass is 35.5. The lowest BCUT2D eigenvalue weighted by Gasteiger charge is -2.26. The van der Waals surface area contributed by atoms with Gasteiger partial charge in [-0.1, -0.05) is 59.6 Å². The molecule has 1 aliphatic rings. The Morgan fingerprint density at radius 1 is 0.853 bits per heavy atom. The average Bonchev–Trinajstić information content (AvgIpc) is 3.16. The van der Waals surface area contributed by atoms with Crippen molar-refractivity contribution in [2.45, 2.75) is 6.54 Å². The first-order chi connectivity index (χ1) is 16.4. The van der Waals surface area contributed by atoms with E-state index in [1.807, 2.05) is 59.3 Å². The Balaban J connectivity index is 1.57. The van der Waals surface area contributed by atoms with E-state index in [9.17, 15) is 14.4 Å². The number of nitrogens with zero attached hydrogens (tertiary/aromatic N) is 2. The number of imide groups is 2. The number of benzene rings is 3. The predicted molar refractivity (Wildman–Crippen MR) is 133 cm³/mol. The van der Waals surface area contributed by atoms with E-state index in [1.54, 1.807) is 24.3 Å². The van der Waals surface area contributed by atoms with Crippen LogP contribution in [0.2, 0.25) is 10.0 Å². The molecule has 8 heteroatoms. The molecule has 0 saturated carbocycles. The number of nitrogens with one attached hydrogen (secondary N) is 1. The maximum atomic E-state index is 13.2. The van der Waals surface area contributed by atoms with Crippen molar-refractivity contribution in [2.24, 2.45) is 0 Å². The first-order valence-electron chi connectivity index (χ1n) is 10.4. The number of carbonyl (C=O) groups is 3. The summed E-state index contributed by atoms with van der Waals surface area (Å²) in [6, 6.07) is 20.7. The Kier molecular flexibility index (Phi) is 5.69. The van der Waals surface area contributed by atoms with E-state index in [1.165, 1.54) is 6.08 Å². The molecule has 1 aliphatic heterocycles. The molecule has 1 saturated heterocycles. The Labute approximate surface area is 205 Å². The highest BCUT2D eigenvalue weighted by Crippen LogP contribution is 2.28. The van der Waals surface area contributed by atoms with Crippen molar-refractivity contribution in [1.82, 2.24) is 9.88 Å².